The molecular weight excluding hydrogens is 252 g/mol. The summed E-state index contributed by atoms with van der Waals surface area (Å²) < 4.78 is 0. The summed E-state index contributed by atoms with van der Waals surface area (Å²) in [6.07, 6.45) is 6.95. The quantitative estimate of drug-likeness (QED) is 0.667. The molecule has 0 radical (unpaired) electrons. The predicted molar refractivity (Wildman–Crippen MR) is 91.8 cm³/mol. The van der Waals surface area contributed by atoms with Gasteiger partial charge >= 0.3 is 0 Å². The highest BCUT2D eigenvalue weighted by Crippen LogP contribution is 2.36. The van der Waals surface area contributed by atoms with Crippen LogP contribution < -0.4 is 0 Å². The Morgan fingerprint density at radius 2 is 1.29 bits per heavy atom. The summed E-state index contributed by atoms with van der Waals surface area (Å²) in [5.41, 5.74) is 6.50. The lowest BCUT2D eigenvalue weighted by molar-refractivity contribution is 0.828. The molecule has 2 aromatic carbocycles. The molecule has 1 aliphatic rings. The van der Waals surface area contributed by atoms with Crippen LogP contribution in [0, 0.1) is 5.92 Å². The molecule has 0 saturated heterocycles. The molecule has 2 aromatic rings. The van der Waals surface area contributed by atoms with Crippen LogP contribution in [0.3, 0.4) is 0 Å². The van der Waals surface area contributed by atoms with Crippen molar-refractivity contribution >= 4 is 11.1 Å². The molecule has 0 amide bonds. The fraction of sp³-hybridized carbons (Fsp3) is 0.143. The summed E-state index contributed by atoms with van der Waals surface area (Å²) >= 11 is 0. The van der Waals surface area contributed by atoms with E-state index in [1.807, 2.05) is 0 Å². The Labute approximate surface area is 127 Å². The SMILES string of the molecule is CC(C)/C=C1\C=C(c2ccccc2)C=C1c1ccccc1. The fourth-order valence-electron chi connectivity index (χ4n) is 2.69. The van der Waals surface area contributed by atoms with Crippen LogP contribution in [0.5, 0.6) is 0 Å². The third-order valence-electron chi connectivity index (χ3n) is 3.63. The van der Waals surface area contributed by atoms with Gasteiger partial charge in [0.15, 0.2) is 0 Å². The van der Waals surface area contributed by atoms with Crippen LogP contribution in [-0.2, 0) is 0 Å². The molecule has 0 N–H and O–H groups in total. The molecule has 0 unspecified atom stereocenters. The Hall–Kier alpha value is -2.34. The van der Waals surface area contributed by atoms with Crippen molar-refractivity contribution in [3.63, 3.8) is 0 Å². The number of benzene rings is 2. The fourth-order valence-corrected chi connectivity index (χ4v) is 2.69. The maximum absolute atomic E-state index is 2.34. The van der Waals surface area contributed by atoms with Crippen molar-refractivity contribution in [3.8, 4) is 0 Å². The van der Waals surface area contributed by atoms with Gasteiger partial charge in [-0.05, 0) is 45.9 Å². The van der Waals surface area contributed by atoms with E-state index < -0.39 is 0 Å². The monoisotopic (exact) mass is 272 g/mol. The first-order chi connectivity index (χ1) is 10.2. The van der Waals surface area contributed by atoms with Crippen LogP contribution in [0.25, 0.3) is 11.1 Å². The van der Waals surface area contributed by atoms with Crippen LogP contribution in [0.4, 0.5) is 0 Å². The van der Waals surface area contributed by atoms with E-state index in [-0.39, 0.29) is 0 Å². The number of rotatable bonds is 3. The molecule has 0 saturated carbocycles. The van der Waals surface area contributed by atoms with Gasteiger partial charge in [-0.25, -0.2) is 0 Å². The van der Waals surface area contributed by atoms with E-state index in [0.717, 1.165) is 0 Å². The summed E-state index contributed by atoms with van der Waals surface area (Å²) in [5.74, 6) is 0.540. The van der Waals surface area contributed by atoms with E-state index in [1.165, 1.54) is 27.8 Å². The second-order valence-electron chi connectivity index (χ2n) is 5.76. The van der Waals surface area contributed by atoms with Crippen LogP contribution in [0.15, 0.2) is 84.5 Å². The van der Waals surface area contributed by atoms with Crippen LogP contribution in [0.1, 0.15) is 25.0 Å². The summed E-state index contributed by atoms with van der Waals surface area (Å²) in [6.45, 7) is 4.45. The standard InChI is InChI=1S/C21H20/c1-16(2)13-20-14-19(17-9-5-3-6-10-17)15-21(20)18-11-7-4-8-12-18/h3-16H,1-2H3/b20-13+. The van der Waals surface area contributed by atoms with Gasteiger partial charge in [-0.3, -0.25) is 0 Å². The Morgan fingerprint density at radius 3 is 1.86 bits per heavy atom. The van der Waals surface area contributed by atoms with E-state index in [9.17, 15) is 0 Å². The molecule has 0 heterocycles. The first-order valence-corrected chi connectivity index (χ1v) is 7.50. The van der Waals surface area contributed by atoms with E-state index in [4.69, 9.17) is 0 Å². The molecule has 3 rings (SSSR count). The van der Waals surface area contributed by atoms with E-state index in [1.54, 1.807) is 0 Å². The van der Waals surface area contributed by atoms with Gasteiger partial charge in [-0.1, -0.05) is 80.6 Å². The Kier molecular flexibility index (Phi) is 3.87. The van der Waals surface area contributed by atoms with E-state index in [0.29, 0.717) is 5.92 Å². The van der Waals surface area contributed by atoms with Crippen molar-refractivity contribution in [1.82, 2.24) is 0 Å². The molecule has 21 heavy (non-hydrogen) atoms. The van der Waals surface area contributed by atoms with Crippen molar-refractivity contribution in [1.29, 1.82) is 0 Å². The zero-order valence-corrected chi connectivity index (χ0v) is 12.6. The minimum Gasteiger partial charge on any atom is -0.0740 e. The lowest BCUT2D eigenvalue weighted by Gasteiger charge is -2.06. The van der Waals surface area contributed by atoms with Crippen LogP contribution in [-0.4, -0.2) is 0 Å². The molecule has 0 fully saturated rings. The van der Waals surface area contributed by atoms with Crippen molar-refractivity contribution in [2.45, 2.75) is 13.8 Å². The molecule has 0 nitrogen and oxygen atoms in total. The molecule has 0 aromatic heterocycles. The van der Waals surface area contributed by atoms with Crippen molar-refractivity contribution in [2.75, 3.05) is 0 Å². The number of allylic oxidation sites excluding steroid dienone is 6. The first kappa shape index (κ1) is 13.6. The number of hydrogen-bond donors (Lipinski definition) is 0. The third kappa shape index (κ3) is 3.05. The van der Waals surface area contributed by atoms with Gasteiger partial charge in [-0.15, -0.1) is 0 Å². The van der Waals surface area contributed by atoms with Gasteiger partial charge < -0.3 is 0 Å². The second kappa shape index (κ2) is 5.97. The van der Waals surface area contributed by atoms with Crippen molar-refractivity contribution < 1.29 is 0 Å². The summed E-state index contributed by atoms with van der Waals surface area (Å²) in [4.78, 5) is 0. The molecule has 0 spiro atoms. The molecule has 0 atom stereocenters. The first-order valence-electron chi connectivity index (χ1n) is 7.50. The zero-order chi connectivity index (χ0) is 14.7. The van der Waals surface area contributed by atoms with Crippen molar-refractivity contribution in [2.24, 2.45) is 5.92 Å². The molecule has 0 heteroatoms. The lowest BCUT2D eigenvalue weighted by atomic mass is 9.98. The third-order valence-corrected chi connectivity index (χ3v) is 3.63. The van der Waals surface area contributed by atoms with Crippen LogP contribution >= 0.6 is 0 Å². The number of hydrogen-bond acceptors (Lipinski definition) is 0. The van der Waals surface area contributed by atoms with Gasteiger partial charge in [-0.2, -0.15) is 0 Å². The minimum atomic E-state index is 0.540. The molecule has 0 aliphatic heterocycles. The van der Waals surface area contributed by atoms with Gasteiger partial charge in [0.1, 0.15) is 0 Å². The molecule has 104 valence electrons. The minimum absolute atomic E-state index is 0.540. The largest absolute Gasteiger partial charge is 0.0740 e. The summed E-state index contributed by atoms with van der Waals surface area (Å²) in [7, 11) is 0. The summed E-state index contributed by atoms with van der Waals surface area (Å²) in [6, 6.07) is 21.2. The topological polar surface area (TPSA) is 0 Å². The lowest BCUT2D eigenvalue weighted by Crippen LogP contribution is -1.87. The van der Waals surface area contributed by atoms with Gasteiger partial charge in [0.25, 0.3) is 0 Å². The smallest absolute Gasteiger partial charge is 0.0108 e. The van der Waals surface area contributed by atoms with E-state index >= 15 is 0 Å². The van der Waals surface area contributed by atoms with Crippen LogP contribution in [0.2, 0.25) is 0 Å². The van der Waals surface area contributed by atoms with Gasteiger partial charge in [0.05, 0.1) is 0 Å². The average Bonchev–Trinajstić information content (AvgIpc) is 2.92. The molecular formula is C21H20. The van der Waals surface area contributed by atoms with Gasteiger partial charge in [0, 0.05) is 0 Å². The molecule has 0 bridgehead atoms. The zero-order valence-electron chi connectivity index (χ0n) is 12.6. The Morgan fingerprint density at radius 1 is 0.714 bits per heavy atom. The normalized spacial score (nSPS) is 16.2. The molecule has 1 aliphatic carbocycles. The highest BCUT2D eigenvalue weighted by molar-refractivity contribution is 5.99. The highest BCUT2D eigenvalue weighted by Gasteiger charge is 2.15. The Bertz CT molecular complexity index is 698. The van der Waals surface area contributed by atoms with E-state index in [2.05, 4.69) is 92.7 Å². The second-order valence-corrected chi connectivity index (χ2v) is 5.76. The van der Waals surface area contributed by atoms with Gasteiger partial charge in [0.2, 0.25) is 0 Å². The maximum atomic E-state index is 2.34. The Balaban J connectivity index is 2.06. The maximum Gasteiger partial charge on any atom is -0.0108 e. The predicted octanol–water partition coefficient (Wildman–Crippen LogP) is 5.75. The average molecular weight is 272 g/mol. The highest BCUT2D eigenvalue weighted by atomic mass is 14.2. The van der Waals surface area contributed by atoms with Crippen molar-refractivity contribution in [3.05, 3.63) is 95.6 Å². The summed E-state index contributed by atoms with van der Waals surface area (Å²) in [5, 5.41) is 0.